The van der Waals surface area contributed by atoms with Crippen LogP contribution in [-0.4, -0.2) is 89.5 Å². The van der Waals surface area contributed by atoms with Crippen LogP contribution in [-0.2, 0) is 16.0 Å². The van der Waals surface area contributed by atoms with Gasteiger partial charge in [0.1, 0.15) is 18.3 Å². The molecule has 1 aromatic rings. The van der Waals surface area contributed by atoms with E-state index in [0.29, 0.717) is 18.3 Å². The molecule has 0 aromatic heterocycles. The zero-order valence-electron chi connectivity index (χ0n) is 17.7. The SMILES string of the molecule is CON(CCCCc1ccc(N(CCCl)CCCl)cc1)C1O[C@H](C)[C@@H](O)[C@H](O)[C@H]1O. The molecule has 1 fully saturated rings. The molecule has 3 N–H and O–H groups in total. The predicted molar refractivity (Wildman–Crippen MR) is 119 cm³/mol. The van der Waals surface area contributed by atoms with Crippen LogP contribution in [0.1, 0.15) is 25.3 Å². The molecule has 1 aliphatic heterocycles. The molecule has 1 unspecified atom stereocenters. The summed E-state index contributed by atoms with van der Waals surface area (Å²) in [4.78, 5) is 7.53. The molecule has 7 nitrogen and oxygen atoms in total. The Hall–Kier alpha value is -0.640. The van der Waals surface area contributed by atoms with Crippen LogP contribution in [0.25, 0.3) is 0 Å². The third-order valence-electron chi connectivity index (χ3n) is 5.45. The van der Waals surface area contributed by atoms with Gasteiger partial charge in [0.2, 0.25) is 0 Å². The van der Waals surface area contributed by atoms with Crippen molar-refractivity contribution in [3.05, 3.63) is 29.8 Å². The summed E-state index contributed by atoms with van der Waals surface area (Å²) >= 11 is 11.7. The quantitative estimate of drug-likeness (QED) is 0.247. The van der Waals surface area contributed by atoms with E-state index in [-0.39, 0.29) is 0 Å². The second-order valence-electron chi connectivity index (χ2n) is 7.52. The molecule has 172 valence electrons. The largest absolute Gasteiger partial charge is 0.388 e. The molecular weight excluding hydrogens is 431 g/mol. The number of rotatable bonds is 12. The summed E-state index contributed by atoms with van der Waals surface area (Å²) in [5, 5.41) is 31.6. The number of alkyl halides is 2. The lowest BCUT2D eigenvalue weighted by molar-refractivity contribution is -0.322. The Labute approximate surface area is 189 Å². The Kier molecular flexibility index (Phi) is 11.1. The predicted octanol–water partition coefficient (Wildman–Crippen LogP) is 1.98. The lowest BCUT2D eigenvalue weighted by Crippen LogP contribution is -2.61. The van der Waals surface area contributed by atoms with Crippen LogP contribution in [0.2, 0.25) is 0 Å². The number of hydroxylamine groups is 2. The van der Waals surface area contributed by atoms with E-state index in [4.69, 9.17) is 32.8 Å². The second-order valence-corrected chi connectivity index (χ2v) is 8.27. The number of hydrogen-bond donors (Lipinski definition) is 3. The van der Waals surface area contributed by atoms with Crippen LogP contribution in [0.4, 0.5) is 5.69 Å². The van der Waals surface area contributed by atoms with E-state index in [1.807, 2.05) is 0 Å². The van der Waals surface area contributed by atoms with Gasteiger partial charge in [0.05, 0.1) is 13.2 Å². The molecule has 0 radical (unpaired) electrons. The first-order valence-corrected chi connectivity index (χ1v) is 11.5. The minimum absolute atomic E-state index is 0.533. The molecule has 0 aliphatic carbocycles. The first-order chi connectivity index (χ1) is 14.4. The number of halogens is 2. The molecule has 2 rings (SSSR count). The van der Waals surface area contributed by atoms with Gasteiger partial charge in [-0.1, -0.05) is 12.1 Å². The molecule has 1 aromatic carbocycles. The van der Waals surface area contributed by atoms with Gasteiger partial charge in [0, 0.05) is 37.1 Å². The van der Waals surface area contributed by atoms with E-state index in [2.05, 4.69) is 29.2 Å². The highest BCUT2D eigenvalue weighted by atomic mass is 35.5. The average molecular weight is 465 g/mol. The summed E-state index contributed by atoms with van der Waals surface area (Å²) in [6.07, 6.45) is -2.40. The fourth-order valence-corrected chi connectivity index (χ4v) is 4.04. The van der Waals surface area contributed by atoms with E-state index >= 15 is 0 Å². The molecular formula is C21H34Cl2N2O5. The first kappa shape index (κ1) is 25.6. The molecule has 0 spiro atoms. The molecule has 9 heteroatoms. The first-order valence-electron chi connectivity index (χ1n) is 10.4. The maximum Gasteiger partial charge on any atom is 0.161 e. The molecule has 1 saturated heterocycles. The third kappa shape index (κ3) is 6.93. The maximum absolute atomic E-state index is 10.2. The topological polar surface area (TPSA) is 85.6 Å². The summed E-state index contributed by atoms with van der Waals surface area (Å²) in [5.41, 5.74) is 2.35. The zero-order valence-corrected chi connectivity index (χ0v) is 19.2. The van der Waals surface area contributed by atoms with E-state index in [0.717, 1.165) is 38.0 Å². The lowest BCUT2D eigenvalue weighted by atomic mass is 9.99. The highest BCUT2D eigenvalue weighted by molar-refractivity contribution is 6.18. The number of anilines is 1. The van der Waals surface area contributed by atoms with Crippen molar-refractivity contribution in [3.63, 3.8) is 0 Å². The highest BCUT2D eigenvalue weighted by Gasteiger charge is 2.44. The number of hydrogen-bond acceptors (Lipinski definition) is 7. The molecule has 30 heavy (non-hydrogen) atoms. The van der Waals surface area contributed by atoms with Crippen LogP contribution in [0.15, 0.2) is 24.3 Å². The standard InChI is InChI=1S/C21H34Cl2N2O5/c1-15-18(26)19(27)20(28)21(30-15)25(29-2)12-4-3-5-16-6-8-17(9-7-16)24(13-10-22)14-11-23/h6-9,15,18-21,26-28H,3-5,10-14H2,1-2H3/t15-,18-,19+,20-,21?/m1/s1. The second kappa shape index (κ2) is 13.0. The Balaban J connectivity index is 1.82. The van der Waals surface area contributed by atoms with Crippen molar-refractivity contribution in [3.8, 4) is 0 Å². The lowest BCUT2D eigenvalue weighted by Gasteiger charge is -2.43. The molecule has 0 amide bonds. The van der Waals surface area contributed by atoms with Gasteiger partial charge in [-0.05, 0) is 43.9 Å². The van der Waals surface area contributed by atoms with E-state index in [1.54, 1.807) is 6.92 Å². The Morgan fingerprint density at radius 2 is 1.57 bits per heavy atom. The number of benzene rings is 1. The number of aryl methyl sites for hydroxylation is 1. The summed E-state index contributed by atoms with van der Waals surface area (Å²) in [6, 6.07) is 8.42. The number of nitrogens with zero attached hydrogens (tertiary/aromatic N) is 2. The normalized spacial score (nSPS) is 26.9. The van der Waals surface area contributed by atoms with Gasteiger partial charge in [-0.3, -0.25) is 4.84 Å². The number of unbranched alkanes of at least 4 members (excludes halogenated alkanes) is 1. The van der Waals surface area contributed by atoms with Crippen molar-refractivity contribution in [2.45, 2.75) is 56.8 Å². The van der Waals surface area contributed by atoms with E-state index in [9.17, 15) is 15.3 Å². The van der Waals surface area contributed by atoms with Crippen molar-refractivity contribution in [2.24, 2.45) is 0 Å². The van der Waals surface area contributed by atoms with Crippen molar-refractivity contribution >= 4 is 28.9 Å². The number of aliphatic hydroxyl groups is 3. The van der Waals surface area contributed by atoms with E-state index < -0.39 is 30.6 Å². The van der Waals surface area contributed by atoms with Gasteiger partial charge in [0.15, 0.2) is 6.23 Å². The minimum Gasteiger partial charge on any atom is -0.388 e. The van der Waals surface area contributed by atoms with Crippen molar-refractivity contribution in [2.75, 3.05) is 43.4 Å². The average Bonchev–Trinajstić information content (AvgIpc) is 2.75. The Morgan fingerprint density at radius 1 is 0.933 bits per heavy atom. The Bertz CT molecular complexity index is 604. The number of ether oxygens (including phenoxy) is 1. The fraction of sp³-hybridized carbons (Fsp3) is 0.714. The summed E-state index contributed by atoms with van der Waals surface area (Å²) in [5.74, 6) is 1.12. The fourth-order valence-electron chi connectivity index (χ4n) is 3.63. The van der Waals surface area contributed by atoms with Crippen molar-refractivity contribution in [1.82, 2.24) is 5.06 Å². The number of aliphatic hydroxyl groups excluding tert-OH is 3. The van der Waals surface area contributed by atoms with Crippen LogP contribution < -0.4 is 4.90 Å². The van der Waals surface area contributed by atoms with Crippen LogP contribution >= 0.6 is 23.2 Å². The minimum atomic E-state index is -1.27. The van der Waals surface area contributed by atoms with Crippen LogP contribution in [0.3, 0.4) is 0 Å². The monoisotopic (exact) mass is 464 g/mol. The Morgan fingerprint density at radius 3 is 2.13 bits per heavy atom. The molecule has 5 atom stereocenters. The summed E-state index contributed by atoms with van der Waals surface area (Å²) < 4.78 is 5.64. The molecule has 0 saturated carbocycles. The summed E-state index contributed by atoms with van der Waals surface area (Å²) in [6.45, 7) is 3.72. The molecule has 1 heterocycles. The van der Waals surface area contributed by atoms with Crippen molar-refractivity contribution < 1.29 is 24.9 Å². The van der Waals surface area contributed by atoms with Crippen LogP contribution in [0, 0.1) is 0 Å². The van der Waals surface area contributed by atoms with Crippen LogP contribution in [0.5, 0.6) is 0 Å². The summed E-state index contributed by atoms with van der Waals surface area (Å²) in [7, 11) is 1.50. The van der Waals surface area contributed by atoms with Gasteiger partial charge in [-0.15, -0.1) is 23.2 Å². The maximum atomic E-state index is 10.2. The van der Waals surface area contributed by atoms with Gasteiger partial charge in [-0.25, -0.2) is 0 Å². The molecule has 1 aliphatic rings. The molecule has 0 bridgehead atoms. The third-order valence-corrected chi connectivity index (χ3v) is 5.79. The van der Waals surface area contributed by atoms with Gasteiger partial charge < -0.3 is 25.0 Å². The van der Waals surface area contributed by atoms with Gasteiger partial charge >= 0.3 is 0 Å². The highest BCUT2D eigenvalue weighted by Crippen LogP contribution is 2.24. The smallest absolute Gasteiger partial charge is 0.161 e. The van der Waals surface area contributed by atoms with Crippen molar-refractivity contribution in [1.29, 1.82) is 0 Å². The van der Waals surface area contributed by atoms with E-state index in [1.165, 1.54) is 17.7 Å². The van der Waals surface area contributed by atoms with Gasteiger partial charge in [-0.2, -0.15) is 5.06 Å². The zero-order chi connectivity index (χ0) is 22.1. The van der Waals surface area contributed by atoms with Gasteiger partial charge in [0.25, 0.3) is 0 Å².